The first-order valence-corrected chi connectivity index (χ1v) is 8.57. The van der Waals surface area contributed by atoms with Crippen LogP contribution < -0.4 is 0 Å². The monoisotopic (exact) mass is 355 g/mol. The van der Waals surface area contributed by atoms with Crippen LogP contribution in [0.25, 0.3) is 0 Å². The number of rotatable bonds is 3. The normalized spacial score (nSPS) is 23.0. The summed E-state index contributed by atoms with van der Waals surface area (Å²) in [6.07, 6.45) is -0.788. The van der Waals surface area contributed by atoms with Gasteiger partial charge in [0.1, 0.15) is 11.7 Å². The van der Waals surface area contributed by atoms with Gasteiger partial charge in [-0.3, -0.25) is 4.90 Å². The lowest BCUT2D eigenvalue weighted by molar-refractivity contribution is -0.106. The fourth-order valence-corrected chi connectivity index (χ4v) is 2.74. The Balaban J connectivity index is 2.13. The van der Waals surface area contributed by atoms with Crippen LogP contribution in [0, 0.1) is 0 Å². The molecule has 0 bridgehead atoms. The van der Waals surface area contributed by atoms with E-state index in [1.54, 1.807) is 11.8 Å². The number of carbonyl (C=O) groups is 1. The van der Waals surface area contributed by atoms with E-state index in [0.29, 0.717) is 24.6 Å². The van der Waals surface area contributed by atoms with Crippen molar-refractivity contribution in [2.75, 3.05) is 13.2 Å². The SMILES string of the molecule is CC(O)[C@H]1CN(C(=O)OC(C)(C)C)[C@@H](Cc2ccc(Cl)cc2)CO1. The van der Waals surface area contributed by atoms with Crippen molar-refractivity contribution in [3.63, 3.8) is 0 Å². The summed E-state index contributed by atoms with van der Waals surface area (Å²) in [4.78, 5) is 14.2. The third kappa shape index (κ3) is 5.36. The predicted molar refractivity (Wildman–Crippen MR) is 93.3 cm³/mol. The van der Waals surface area contributed by atoms with Gasteiger partial charge in [-0.05, 0) is 51.8 Å². The summed E-state index contributed by atoms with van der Waals surface area (Å²) in [7, 11) is 0. The van der Waals surface area contributed by atoms with Gasteiger partial charge in [0.05, 0.1) is 25.3 Å². The number of aliphatic hydroxyl groups is 1. The first-order chi connectivity index (χ1) is 11.2. The molecule has 1 aromatic rings. The van der Waals surface area contributed by atoms with Gasteiger partial charge in [0, 0.05) is 5.02 Å². The fourth-order valence-electron chi connectivity index (χ4n) is 2.62. The van der Waals surface area contributed by atoms with Crippen LogP contribution in [0.5, 0.6) is 0 Å². The van der Waals surface area contributed by atoms with Gasteiger partial charge >= 0.3 is 6.09 Å². The molecule has 1 saturated heterocycles. The van der Waals surface area contributed by atoms with Crippen LogP contribution in [0.1, 0.15) is 33.3 Å². The number of amides is 1. The van der Waals surface area contributed by atoms with Crippen molar-refractivity contribution >= 4 is 17.7 Å². The number of ether oxygens (including phenoxy) is 2. The van der Waals surface area contributed by atoms with Crippen LogP contribution in [0.3, 0.4) is 0 Å². The van der Waals surface area contributed by atoms with E-state index >= 15 is 0 Å². The van der Waals surface area contributed by atoms with Crippen LogP contribution in [-0.4, -0.2) is 53.1 Å². The molecule has 1 aliphatic heterocycles. The standard InChI is InChI=1S/C18H26ClNO4/c1-12(21)16-10-20(17(22)24-18(2,3)4)15(11-23-16)9-13-5-7-14(19)8-6-13/h5-8,12,15-16,21H,9-11H2,1-4H3/t12?,15-,16+/m0/s1. The van der Waals surface area contributed by atoms with Crippen LogP contribution in [0.4, 0.5) is 4.79 Å². The number of halogens is 1. The van der Waals surface area contributed by atoms with Gasteiger partial charge in [-0.2, -0.15) is 0 Å². The summed E-state index contributed by atoms with van der Waals surface area (Å²) < 4.78 is 11.3. The van der Waals surface area contributed by atoms with Crippen molar-refractivity contribution < 1.29 is 19.4 Å². The predicted octanol–water partition coefficient (Wildman–Crippen LogP) is 3.27. The summed E-state index contributed by atoms with van der Waals surface area (Å²) in [5.41, 5.74) is 0.498. The number of nitrogens with zero attached hydrogens (tertiary/aromatic N) is 1. The molecule has 0 saturated carbocycles. The molecule has 6 heteroatoms. The molecule has 0 aliphatic carbocycles. The highest BCUT2D eigenvalue weighted by molar-refractivity contribution is 6.30. The van der Waals surface area contributed by atoms with Gasteiger partial charge in [0.15, 0.2) is 0 Å². The first kappa shape index (κ1) is 19.0. The van der Waals surface area contributed by atoms with Crippen molar-refractivity contribution in [2.24, 2.45) is 0 Å². The van der Waals surface area contributed by atoms with Crippen molar-refractivity contribution in [3.05, 3.63) is 34.9 Å². The average molecular weight is 356 g/mol. The zero-order valence-electron chi connectivity index (χ0n) is 14.7. The Labute approximate surface area is 148 Å². The third-order valence-corrected chi connectivity index (χ3v) is 4.12. The van der Waals surface area contributed by atoms with E-state index in [4.69, 9.17) is 21.1 Å². The highest BCUT2D eigenvalue weighted by Crippen LogP contribution is 2.22. The lowest BCUT2D eigenvalue weighted by atomic mass is 10.0. The maximum absolute atomic E-state index is 12.6. The summed E-state index contributed by atoms with van der Waals surface area (Å²) in [6, 6.07) is 7.40. The van der Waals surface area contributed by atoms with Crippen LogP contribution >= 0.6 is 11.6 Å². The molecule has 134 valence electrons. The quantitative estimate of drug-likeness (QED) is 0.904. The number of aliphatic hydroxyl groups excluding tert-OH is 1. The van der Waals surface area contributed by atoms with E-state index in [1.807, 2.05) is 45.0 Å². The second-order valence-corrected chi connectivity index (χ2v) is 7.67. The maximum atomic E-state index is 12.6. The molecule has 0 spiro atoms. The molecular formula is C18H26ClNO4. The Kier molecular flexibility index (Phi) is 6.12. The topological polar surface area (TPSA) is 59.0 Å². The van der Waals surface area contributed by atoms with Crippen molar-refractivity contribution in [3.8, 4) is 0 Å². The molecule has 3 atom stereocenters. The number of benzene rings is 1. The zero-order valence-corrected chi connectivity index (χ0v) is 15.4. The second-order valence-electron chi connectivity index (χ2n) is 7.23. The Bertz CT molecular complexity index is 553. The van der Waals surface area contributed by atoms with Crippen molar-refractivity contribution in [1.82, 2.24) is 4.90 Å². The summed E-state index contributed by atoms with van der Waals surface area (Å²) >= 11 is 5.92. The zero-order chi connectivity index (χ0) is 17.9. The van der Waals surface area contributed by atoms with Gasteiger partial charge in [-0.15, -0.1) is 0 Å². The lowest BCUT2D eigenvalue weighted by Crippen LogP contribution is -2.56. The summed E-state index contributed by atoms with van der Waals surface area (Å²) in [5.74, 6) is 0. The minimum Gasteiger partial charge on any atom is -0.444 e. The molecular weight excluding hydrogens is 330 g/mol. The van der Waals surface area contributed by atoms with Crippen molar-refractivity contribution in [2.45, 2.75) is 58.0 Å². The van der Waals surface area contributed by atoms with E-state index in [-0.39, 0.29) is 12.1 Å². The minimum absolute atomic E-state index is 0.143. The number of hydrogen-bond acceptors (Lipinski definition) is 4. The summed E-state index contributed by atoms with van der Waals surface area (Å²) in [5, 5.41) is 10.5. The molecule has 1 heterocycles. The van der Waals surface area contributed by atoms with Crippen LogP contribution in [0.2, 0.25) is 5.02 Å². The van der Waals surface area contributed by atoms with E-state index in [9.17, 15) is 9.90 Å². The molecule has 5 nitrogen and oxygen atoms in total. The molecule has 1 amide bonds. The maximum Gasteiger partial charge on any atom is 0.410 e. The van der Waals surface area contributed by atoms with E-state index in [2.05, 4.69) is 0 Å². The van der Waals surface area contributed by atoms with Crippen molar-refractivity contribution in [1.29, 1.82) is 0 Å². The smallest absolute Gasteiger partial charge is 0.410 e. The van der Waals surface area contributed by atoms with Gasteiger partial charge in [-0.25, -0.2) is 4.79 Å². The molecule has 1 N–H and O–H groups in total. The second kappa shape index (κ2) is 7.72. The molecule has 1 aliphatic rings. The molecule has 24 heavy (non-hydrogen) atoms. The highest BCUT2D eigenvalue weighted by Gasteiger charge is 2.36. The average Bonchev–Trinajstić information content (AvgIpc) is 2.48. The number of carbonyl (C=O) groups excluding carboxylic acids is 1. The van der Waals surface area contributed by atoms with Gasteiger partial charge in [0.2, 0.25) is 0 Å². The Morgan fingerprint density at radius 1 is 1.42 bits per heavy atom. The number of morpholine rings is 1. The van der Waals surface area contributed by atoms with Gasteiger partial charge < -0.3 is 14.6 Å². The third-order valence-electron chi connectivity index (χ3n) is 3.87. The highest BCUT2D eigenvalue weighted by atomic mass is 35.5. The molecule has 1 aromatic carbocycles. The van der Waals surface area contributed by atoms with Gasteiger partial charge in [0.25, 0.3) is 0 Å². The van der Waals surface area contributed by atoms with E-state index in [1.165, 1.54) is 0 Å². The lowest BCUT2D eigenvalue weighted by Gasteiger charge is -2.41. The first-order valence-electron chi connectivity index (χ1n) is 8.19. The Hall–Kier alpha value is -1.30. The van der Waals surface area contributed by atoms with Crippen LogP contribution in [-0.2, 0) is 15.9 Å². The van der Waals surface area contributed by atoms with Gasteiger partial charge in [-0.1, -0.05) is 23.7 Å². The van der Waals surface area contributed by atoms with Crippen LogP contribution in [0.15, 0.2) is 24.3 Å². The molecule has 1 fully saturated rings. The Morgan fingerprint density at radius 2 is 2.04 bits per heavy atom. The Morgan fingerprint density at radius 3 is 2.58 bits per heavy atom. The van der Waals surface area contributed by atoms with E-state index in [0.717, 1.165) is 5.56 Å². The largest absolute Gasteiger partial charge is 0.444 e. The molecule has 0 aromatic heterocycles. The van der Waals surface area contributed by atoms with E-state index < -0.39 is 17.8 Å². The molecule has 2 rings (SSSR count). The molecule has 0 radical (unpaired) electrons. The minimum atomic E-state index is -0.647. The number of hydrogen-bond donors (Lipinski definition) is 1. The molecule has 1 unspecified atom stereocenters. The summed E-state index contributed by atoms with van der Waals surface area (Å²) in [6.45, 7) is 7.85. The fraction of sp³-hybridized carbons (Fsp3) is 0.611.